The standard InChI is InChI=1S/C14H22N4O3.C3H8.C2H6/c1-10(21-4)7-5-6-8-18-13(19)11-12(15-9-16(11)2)17(3)14(18)20;1-3-2;1-2/h9-10H,5-8H2,1-4H3;3H2,1-2H3;1-2H3/t10-;;/m1../s1. The second-order valence-corrected chi connectivity index (χ2v) is 6.08. The zero-order valence-electron chi connectivity index (χ0n) is 17.7. The van der Waals surface area contributed by atoms with Crippen LogP contribution in [0, 0.1) is 0 Å². The first-order valence-corrected chi connectivity index (χ1v) is 9.52. The lowest BCUT2D eigenvalue weighted by atomic mass is 10.2. The molecule has 0 saturated carbocycles. The fourth-order valence-electron chi connectivity index (χ4n) is 2.41. The van der Waals surface area contributed by atoms with E-state index in [1.54, 1.807) is 32.1 Å². The molecule has 1 atom stereocenters. The molecule has 0 fully saturated rings. The summed E-state index contributed by atoms with van der Waals surface area (Å²) in [5.41, 5.74) is 0.304. The molecular formula is C19H36N4O3. The molecule has 0 saturated heterocycles. The average molecular weight is 369 g/mol. The molecule has 26 heavy (non-hydrogen) atoms. The molecule has 0 bridgehead atoms. The number of methoxy groups -OCH3 is 1. The van der Waals surface area contributed by atoms with Gasteiger partial charge in [-0.15, -0.1) is 0 Å². The summed E-state index contributed by atoms with van der Waals surface area (Å²) in [5.74, 6) is 0. The molecule has 150 valence electrons. The quantitative estimate of drug-likeness (QED) is 0.735. The van der Waals surface area contributed by atoms with Gasteiger partial charge < -0.3 is 9.30 Å². The van der Waals surface area contributed by atoms with Gasteiger partial charge >= 0.3 is 5.69 Å². The number of aryl methyl sites for hydroxylation is 2. The van der Waals surface area contributed by atoms with Crippen molar-refractivity contribution in [2.45, 2.75) is 73.0 Å². The van der Waals surface area contributed by atoms with Gasteiger partial charge in [-0.3, -0.25) is 13.9 Å². The van der Waals surface area contributed by atoms with Crippen LogP contribution >= 0.6 is 0 Å². The maximum atomic E-state index is 12.4. The molecule has 0 N–H and O–H groups in total. The van der Waals surface area contributed by atoms with Crippen molar-refractivity contribution in [1.29, 1.82) is 0 Å². The molecule has 2 aromatic rings. The SMILES string of the molecule is CC.CCC.CO[C@H](C)CCCCn1c(=O)c2c(ncn2C)n(C)c1=O. The molecule has 7 heteroatoms. The maximum Gasteiger partial charge on any atom is 0.332 e. The van der Waals surface area contributed by atoms with Crippen LogP contribution in [0.15, 0.2) is 15.9 Å². The van der Waals surface area contributed by atoms with Crippen LogP contribution in [-0.4, -0.2) is 31.9 Å². The van der Waals surface area contributed by atoms with Gasteiger partial charge in [-0.2, -0.15) is 0 Å². The van der Waals surface area contributed by atoms with Gasteiger partial charge in [-0.05, 0) is 26.2 Å². The lowest BCUT2D eigenvalue weighted by molar-refractivity contribution is 0.108. The Morgan fingerprint density at radius 3 is 2.27 bits per heavy atom. The van der Waals surface area contributed by atoms with Crippen LogP contribution in [0.2, 0.25) is 0 Å². The molecule has 0 aromatic carbocycles. The lowest BCUT2D eigenvalue weighted by Crippen LogP contribution is -2.39. The van der Waals surface area contributed by atoms with Crippen LogP contribution < -0.4 is 11.2 Å². The van der Waals surface area contributed by atoms with Crippen molar-refractivity contribution in [1.82, 2.24) is 18.7 Å². The van der Waals surface area contributed by atoms with Crippen molar-refractivity contribution in [2.24, 2.45) is 14.1 Å². The summed E-state index contributed by atoms with van der Waals surface area (Å²) < 4.78 is 9.56. The number of fused-ring (bicyclic) bond motifs is 1. The summed E-state index contributed by atoms with van der Waals surface area (Å²) in [6.45, 7) is 10.7. The zero-order valence-corrected chi connectivity index (χ0v) is 17.7. The Kier molecular flexibility index (Phi) is 11.6. The van der Waals surface area contributed by atoms with Crippen molar-refractivity contribution in [3.63, 3.8) is 0 Å². The number of imidazole rings is 1. The topological polar surface area (TPSA) is 71.1 Å². The summed E-state index contributed by atoms with van der Waals surface area (Å²) >= 11 is 0. The Morgan fingerprint density at radius 1 is 1.15 bits per heavy atom. The van der Waals surface area contributed by atoms with E-state index in [9.17, 15) is 9.59 Å². The number of unbranched alkanes of at least 4 members (excludes halogenated alkanes) is 1. The number of aromatic nitrogens is 4. The van der Waals surface area contributed by atoms with Crippen LogP contribution in [0.3, 0.4) is 0 Å². The van der Waals surface area contributed by atoms with E-state index >= 15 is 0 Å². The highest BCUT2D eigenvalue weighted by Gasteiger charge is 2.14. The molecule has 2 aromatic heterocycles. The smallest absolute Gasteiger partial charge is 0.332 e. The van der Waals surface area contributed by atoms with Gasteiger partial charge in [0.05, 0.1) is 12.4 Å². The first-order valence-electron chi connectivity index (χ1n) is 9.52. The normalized spacial score (nSPS) is 11.4. The van der Waals surface area contributed by atoms with Gasteiger partial charge in [0.25, 0.3) is 5.56 Å². The van der Waals surface area contributed by atoms with Crippen molar-refractivity contribution in [2.75, 3.05) is 7.11 Å². The second-order valence-electron chi connectivity index (χ2n) is 6.08. The van der Waals surface area contributed by atoms with Crippen LogP contribution in [0.1, 0.15) is 60.3 Å². The van der Waals surface area contributed by atoms with E-state index in [0.29, 0.717) is 17.7 Å². The Hall–Kier alpha value is -1.89. The third kappa shape index (κ3) is 6.12. The minimum absolute atomic E-state index is 0.198. The van der Waals surface area contributed by atoms with Crippen molar-refractivity contribution < 1.29 is 4.74 Å². The van der Waals surface area contributed by atoms with Crippen molar-refractivity contribution in [3.8, 4) is 0 Å². The van der Waals surface area contributed by atoms with Gasteiger partial charge in [0.2, 0.25) is 0 Å². The zero-order chi connectivity index (χ0) is 20.3. The maximum absolute atomic E-state index is 12.4. The van der Waals surface area contributed by atoms with Crippen LogP contribution in [0.25, 0.3) is 11.2 Å². The highest BCUT2D eigenvalue weighted by Crippen LogP contribution is 2.06. The number of hydrogen-bond donors (Lipinski definition) is 0. The summed E-state index contributed by atoms with van der Waals surface area (Å²) in [6, 6.07) is 0. The third-order valence-corrected chi connectivity index (χ3v) is 3.85. The number of hydrogen-bond acceptors (Lipinski definition) is 4. The molecule has 0 unspecified atom stereocenters. The Bertz CT molecular complexity index is 758. The molecule has 0 radical (unpaired) electrons. The van der Waals surface area contributed by atoms with Crippen LogP contribution in [0.4, 0.5) is 0 Å². The monoisotopic (exact) mass is 368 g/mol. The summed E-state index contributed by atoms with van der Waals surface area (Å²) in [4.78, 5) is 28.8. The van der Waals surface area contributed by atoms with E-state index in [4.69, 9.17) is 4.74 Å². The Balaban J connectivity index is 0.00000113. The minimum Gasteiger partial charge on any atom is -0.382 e. The average Bonchev–Trinajstić information content (AvgIpc) is 3.03. The Morgan fingerprint density at radius 2 is 1.73 bits per heavy atom. The molecule has 2 heterocycles. The number of rotatable bonds is 6. The first kappa shape index (κ1) is 24.1. The molecule has 0 aliphatic carbocycles. The minimum atomic E-state index is -0.314. The van der Waals surface area contributed by atoms with E-state index in [1.165, 1.54) is 15.6 Å². The molecule has 0 aliphatic rings. The highest BCUT2D eigenvalue weighted by molar-refractivity contribution is 5.69. The lowest BCUT2D eigenvalue weighted by Gasteiger charge is -2.10. The fraction of sp³-hybridized carbons (Fsp3) is 0.737. The molecule has 7 nitrogen and oxygen atoms in total. The molecular weight excluding hydrogens is 332 g/mol. The summed E-state index contributed by atoms with van der Waals surface area (Å²) in [6.07, 6.45) is 5.60. The number of ether oxygens (including phenoxy) is 1. The predicted molar refractivity (Wildman–Crippen MR) is 108 cm³/mol. The molecule has 2 rings (SSSR count). The van der Waals surface area contributed by atoms with Crippen molar-refractivity contribution in [3.05, 3.63) is 27.2 Å². The van der Waals surface area contributed by atoms with Crippen LogP contribution in [0.5, 0.6) is 0 Å². The largest absolute Gasteiger partial charge is 0.382 e. The first-order chi connectivity index (χ1) is 12.4. The van der Waals surface area contributed by atoms with Gasteiger partial charge in [0, 0.05) is 27.7 Å². The van der Waals surface area contributed by atoms with E-state index < -0.39 is 0 Å². The summed E-state index contributed by atoms with van der Waals surface area (Å²) in [7, 11) is 5.08. The van der Waals surface area contributed by atoms with Gasteiger partial charge in [0.1, 0.15) is 0 Å². The molecule has 0 spiro atoms. The van der Waals surface area contributed by atoms with Gasteiger partial charge in [-0.1, -0.05) is 34.1 Å². The molecule has 0 amide bonds. The van der Waals surface area contributed by atoms with Gasteiger partial charge in [-0.25, -0.2) is 9.78 Å². The Labute approximate surface area is 156 Å². The highest BCUT2D eigenvalue weighted by atomic mass is 16.5. The summed E-state index contributed by atoms with van der Waals surface area (Å²) in [5, 5.41) is 0. The molecule has 0 aliphatic heterocycles. The fourth-order valence-corrected chi connectivity index (χ4v) is 2.41. The van der Waals surface area contributed by atoms with Crippen molar-refractivity contribution >= 4 is 11.2 Å². The van der Waals surface area contributed by atoms with E-state index in [0.717, 1.165) is 19.3 Å². The predicted octanol–water partition coefficient (Wildman–Crippen LogP) is 3.08. The van der Waals surface area contributed by atoms with E-state index in [2.05, 4.69) is 18.8 Å². The third-order valence-electron chi connectivity index (χ3n) is 3.85. The van der Waals surface area contributed by atoms with Gasteiger partial charge in [0.15, 0.2) is 11.2 Å². The number of nitrogens with zero attached hydrogens (tertiary/aromatic N) is 4. The van der Waals surface area contributed by atoms with E-state index in [1.807, 2.05) is 20.8 Å². The van der Waals surface area contributed by atoms with E-state index in [-0.39, 0.29) is 17.4 Å². The second kappa shape index (κ2) is 12.5. The van der Waals surface area contributed by atoms with Crippen LogP contribution in [-0.2, 0) is 25.4 Å².